The highest BCUT2D eigenvalue weighted by atomic mass is 15.4. The third kappa shape index (κ3) is 4.56. The fourth-order valence-electron chi connectivity index (χ4n) is 2.59. The minimum absolute atomic E-state index is 0.735. The molecule has 2 aliphatic carbocycles. The molecule has 112 valence electrons. The Hall–Kier alpha value is -0.940. The highest BCUT2D eigenvalue weighted by Gasteiger charge is 2.24. The second-order valence-corrected chi connectivity index (χ2v) is 6.37. The summed E-state index contributed by atoms with van der Waals surface area (Å²) in [5, 5.41) is 12.0. The van der Waals surface area contributed by atoms with E-state index in [0.717, 1.165) is 37.3 Å². The normalized spacial score (nSPS) is 18.9. The smallest absolute Gasteiger partial charge is 0.0964 e. The Bertz CT molecular complexity index is 408. The molecule has 3 rings (SSSR count). The van der Waals surface area contributed by atoms with Crippen LogP contribution in [-0.4, -0.2) is 45.6 Å². The predicted octanol–water partition coefficient (Wildman–Crippen LogP) is 1.65. The van der Waals surface area contributed by atoms with Gasteiger partial charge < -0.3 is 10.2 Å². The molecule has 1 aromatic heterocycles. The van der Waals surface area contributed by atoms with Crippen molar-refractivity contribution in [2.45, 2.75) is 58.2 Å². The first-order chi connectivity index (χ1) is 9.83. The van der Waals surface area contributed by atoms with Gasteiger partial charge in [0.05, 0.1) is 12.2 Å². The quantitative estimate of drug-likeness (QED) is 0.706. The third-order valence-corrected chi connectivity index (χ3v) is 4.13. The van der Waals surface area contributed by atoms with Crippen LogP contribution in [0.3, 0.4) is 0 Å². The van der Waals surface area contributed by atoms with Crippen LogP contribution in [-0.2, 0) is 13.1 Å². The number of nitrogens with one attached hydrogen (secondary N) is 1. The molecule has 1 heterocycles. The maximum absolute atomic E-state index is 4.25. The van der Waals surface area contributed by atoms with Gasteiger partial charge in [0.15, 0.2) is 0 Å². The molecule has 2 saturated carbocycles. The Balaban J connectivity index is 1.41. The molecule has 0 spiro atoms. The van der Waals surface area contributed by atoms with Crippen LogP contribution in [0.4, 0.5) is 0 Å². The number of nitrogens with zero attached hydrogens (tertiary/aromatic N) is 4. The summed E-state index contributed by atoms with van der Waals surface area (Å²) < 4.78 is 2.00. The van der Waals surface area contributed by atoms with Gasteiger partial charge in [0.25, 0.3) is 0 Å². The van der Waals surface area contributed by atoms with Crippen LogP contribution in [0.25, 0.3) is 0 Å². The van der Waals surface area contributed by atoms with Crippen molar-refractivity contribution in [2.75, 3.05) is 19.6 Å². The molecule has 0 radical (unpaired) electrons. The lowest BCUT2D eigenvalue weighted by Gasteiger charge is -2.21. The van der Waals surface area contributed by atoms with Gasteiger partial charge in [0.2, 0.25) is 0 Å². The Morgan fingerprint density at radius 3 is 2.85 bits per heavy atom. The van der Waals surface area contributed by atoms with Crippen molar-refractivity contribution in [3.05, 3.63) is 11.9 Å². The summed E-state index contributed by atoms with van der Waals surface area (Å²) in [5.41, 5.74) is 1.07. The van der Waals surface area contributed by atoms with Gasteiger partial charge in [-0.25, -0.2) is 0 Å². The van der Waals surface area contributed by atoms with Crippen molar-refractivity contribution in [3.63, 3.8) is 0 Å². The van der Waals surface area contributed by atoms with Gasteiger partial charge in [-0.2, -0.15) is 0 Å². The van der Waals surface area contributed by atoms with Crippen LogP contribution < -0.4 is 5.32 Å². The van der Waals surface area contributed by atoms with Crippen molar-refractivity contribution in [3.8, 4) is 0 Å². The van der Waals surface area contributed by atoms with E-state index in [-0.39, 0.29) is 0 Å². The predicted molar refractivity (Wildman–Crippen MR) is 79.3 cm³/mol. The molecule has 0 saturated heterocycles. The summed E-state index contributed by atoms with van der Waals surface area (Å²) in [7, 11) is 0. The van der Waals surface area contributed by atoms with Gasteiger partial charge >= 0.3 is 0 Å². The Kier molecular flexibility index (Phi) is 4.68. The van der Waals surface area contributed by atoms with E-state index in [2.05, 4.69) is 33.6 Å². The molecule has 0 aliphatic heterocycles. The maximum atomic E-state index is 4.25. The zero-order valence-corrected chi connectivity index (χ0v) is 12.6. The molecule has 0 bridgehead atoms. The Morgan fingerprint density at radius 1 is 1.30 bits per heavy atom. The molecule has 0 aromatic carbocycles. The van der Waals surface area contributed by atoms with E-state index in [4.69, 9.17) is 0 Å². The van der Waals surface area contributed by atoms with Crippen molar-refractivity contribution in [1.29, 1.82) is 0 Å². The molecule has 0 amide bonds. The standard InChI is InChI=1S/C15H27N5/c1-2-7-19(11-13-3-4-13)8-9-20-12-15(17-18-20)10-16-14-5-6-14/h12-14,16H,2-11H2,1H3. The lowest BCUT2D eigenvalue weighted by molar-refractivity contribution is 0.248. The summed E-state index contributed by atoms with van der Waals surface area (Å²) in [6.45, 7) is 7.68. The van der Waals surface area contributed by atoms with E-state index in [1.165, 1.54) is 45.2 Å². The minimum atomic E-state index is 0.735. The molecule has 2 aliphatic rings. The average molecular weight is 277 g/mol. The van der Waals surface area contributed by atoms with Crippen LogP contribution in [0, 0.1) is 5.92 Å². The van der Waals surface area contributed by atoms with E-state index >= 15 is 0 Å². The number of aromatic nitrogens is 3. The average Bonchev–Trinajstić information content (AvgIpc) is 3.36. The monoisotopic (exact) mass is 277 g/mol. The largest absolute Gasteiger partial charge is 0.308 e. The summed E-state index contributed by atoms with van der Waals surface area (Å²) in [6, 6.07) is 0.735. The molecular weight excluding hydrogens is 250 g/mol. The number of rotatable bonds is 10. The fourth-order valence-corrected chi connectivity index (χ4v) is 2.59. The van der Waals surface area contributed by atoms with Gasteiger partial charge in [-0.3, -0.25) is 4.68 Å². The van der Waals surface area contributed by atoms with Gasteiger partial charge in [-0.15, -0.1) is 5.10 Å². The minimum Gasteiger partial charge on any atom is -0.308 e. The van der Waals surface area contributed by atoms with Crippen molar-refractivity contribution in [2.24, 2.45) is 5.92 Å². The summed E-state index contributed by atoms with van der Waals surface area (Å²) in [5.74, 6) is 0.968. The lowest BCUT2D eigenvalue weighted by atomic mass is 10.3. The SMILES string of the molecule is CCCN(CCn1cc(CNC2CC2)nn1)CC1CC1. The number of hydrogen-bond donors (Lipinski definition) is 1. The summed E-state index contributed by atoms with van der Waals surface area (Å²) in [6.07, 6.45) is 8.83. The molecule has 20 heavy (non-hydrogen) atoms. The van der Waals surface area contributed by atoms with E-state index in [9.17, 15) is 0 Å². The molecule has 1 N–H and O–H groups in total. The first kappa shape index (κ1) is 14.0. The molecule has 5 heteroatoms. The lowest BCUT2D eigenvalue weighted by Crippen LogP contribution is -2.30. The zero-order valence-electron chi connectivity index (χ0n) is 12.6. The first-order valence-corrected chi connectivity index (χ1v) is 8.18. The first-order valence-electron chi connectivity index (χ1n) is 8.18. The highest BCUT2D eigenvalue weighted by Crippen LogP contribution is 2.29. The highest BCUT2D eigenvalue weighted by molar-refractivity contribution is 4.94. The number of hydrogen-bond acceptors (Lipinski definition) is 4. The van der Waals surface area contributed by atoms with Crippen LogP contribution in [0.15, 0.2) is 6.20 Å². The van der Waals surface area contributed by atoms with Crippen LogP contribution in [0.2, 0.25) is 0 Å². The van der Waals surface area contributed by atoms with Gasteiger partial charge in [0, 0.05) is 31.9 Å². The van der Waals surface area contributed by atoms with Crippen LogP contribution >= 0.6 is 0 Å². The second-order valence-electron chi connectivity index (χ2n) is 6.37. The fraction of sp³-hybridized carbons (Fsp3) is 0.867. The molecular formula is C15H27N5. The maximum Gasteiger partial charge on any atom is 0.0964 e. The molecule has 5 nitrogen and oxygen atoms in total. The van der Waals surface area contributed by atoms with Gasteiger partial charge in [-0.05, 0) is 44.6 Å². The van der Waals surface area contributed by atoms with Gasteiger partial charge in [0.1, 0.15) is 0 Å². The summed E-state index contributed by atoms with van der Waals surface area (Å²) in [4.78, 5) is 2.58. The second kappa shape index (κ2) is 6.68. The van der Waals surface area contributed by atoms with E-state index in [1.54, 1.807) is 0 Å². The van der Waals surface area contributed by atoms with E-state index in [0.29, 0.717) is 0 Å². The van der Waals surface area contributed by atoms with Crippen molar-refractivity contribution < 1.29 is 0 Å². The topological polar surface area (TPSA) is 46.0 Å². The van der Waals surface area contributed by atoms with Crippen molar-refractivity contribution in [1.82, 2.24) is 25.2 Å². The molecule has 2 fully saturated rings. The molecule has 0 atom stereocenters. The van der Waals surface area contributed by atoms with E-state index in [1.807, 2.05) is 4.68 Å². The zero-order chi connectivity index (χ0) is 13.8. The van der Waals surface area contributed by atoms with Crippen LogP contribution in [0.1, 0.15) is 44.7 Å². The van der Waals surface area contributed by atoms with Crippen LogP contribution in [0.5, 0.6) is 0 Å². The van der Waals surface area contributed by atoms with Crippen molar-refractivity contribution >= 4 is 0 Å². The molecule has 1 aromatic rings. The third-order valence-electron chi connectivity index (χ3n) is 4.13. The van der Waals surface area contributed by atoms with E-state index < -0.39 is 0 Å². The Labute approximate surface area is 121 Å². The molecule has 0 unspecified atom stereocenters. The Morgan fingerprint density at radius 2 is 2.15 bits per heavy atom. The van der Waals surface area contributed by atoms with Gasteiger partial charge in [-0.1, -0.05) is 12.1 Å². The summed E-state index contributed by atoms with van der Waals surface area (Å²) >= 11 is 0.